The molecule has 1 atom stereocenters. The number of piperazine rings is 1. The lowest BCUT2D eigenvalue weighted by Gasteiger charge is -2.33. The van der Waals surface area contributed by atoms with Crippen molar-refractivity contribution in [2.45, 2.75) is 33.2 Å². The predicted molar refractivity (Wildman–Crippen MR) is 118 cm³/mol. The fraction of sp³-hybridized carbons (Fsp3) is 0.500. The van der Waals surface area contributed by atoms with E-state index in [0.29, 0.717) is 38.3 Å². The Labute approximate surface area is 182 Å². The van der Waals surface area contributed by atoms with Crippen molar-refractivity contribution in [3.63, 3.8) is 0 Å². The Kier molecular flexibility index (Phi) is 5.63. The molecule has 2 amide bonds. The van der Waals surface area contributed by atoms with E-state index in [9.17, 15) is 18.0 Å². The molecule has 0 N–H and O–H groups in total. The summed E-state index contributed by atoms with van der Waals surface area (Å²) in [6.07, 6.45) is 0.493. The van der Waals surface area contributed by atoms with E-state index in [-0.39, 0.29) is 29.4 Å². The number of carbonyl (C=O) groups is 2. The number of aryl methyl sites for hydroxylation is 2. The molecule has 1 aromatic heterocycles. The molecule has 1 aromatic carbocycles. The van der Waals surface area contributed by atoms with Crippen molar-refractivity contribution in [3.05, 3.63) is 41.1 Å². The van der Waals surface area contributed by atoms with Crippen LogP contribution in [-0.2, 0) is 14.6 Å². The summed E-state index contributed by atoms with van der Waals surface area (Å²) in [7, 11) is -3.10. The number of carbonyl (C=O) groups excluding carboxylic acids is 2. The Hall–Kier alpha value is -2.68. The molecule has 2 aromatic rings. The maximum absolute atomic E-state index is 13.2. The molecule has 2 saturated heterocycles. The zero-order valence-corrected chi connectivity index (χ0v) is 19.0. The molecule has 9 heteroatoms. The monoisotopic (exact) mass is 444 g/mol. The molecule has 0 unspecified atom stereocenters. The van der Waals surface area contributed by atoms with Crippen LogP contribution in [0.4, 0.5) is 0 Å². The van der Waals surface area contributed by atoms with Crippen molar-refractivity contribution < 1.29 is 18.0 Å². The lowest BCUT2D eigenvalue weighted by Crippen LogP contribution is -2.50. The highest BCUT2D eigenvalue weighted by molar-refractivity contribution is 7.91. The minimum atomic E-state index is -3.10. The molecule has 8 nitrogen and oxygen atoms in total. The first-order valence-electron chi connectivity index (χ1n) is 10.6. The Morgan fingerprint density at radius 1 is 1.00 bits per heavy atom. The quantitative estimate of drug-likeness (QED) is 0.720. The average molecular weight is 445 g/mol. The third-order valence-corrected chi connectivity index (χ3v) is 8.07. The number of sulfone groups is 1. The molecule has 31 heavy (non-hydrogen) atoms. The highest BCUT2D eigenvalue weighted by Gasteiger charge is 2.33. The first-order valence-corrected chi connectivity index (χ1v) is 12.4. The van der Waals surface area contributed by atoms with Gasteiger partial charge in [0.1, 0.15) is 0 Å². The number of benzene rings is 1. The highest BCUT2D eigenvalue weighted by Crippen LogP contribution is 2.31. The van der Waals surface area contributed by atoms with Crippen molar-refractivity contribution >= 4 is 21.7 Å². The van der Waals surface area contributed by atoms with E-state index < -0.39 is 9.84 Å². The van der Waals surface area contributed by atoms with Crippen LogP contribution >= 0.6 is 0 Å². The molecule has 0 radical (unpaired) electrons. The minimum absolute atomic E-state index is 0.0100. The van der Waals surface area contributed by atoms with Crippen LogP contribution in [0.3, 0.4) is 0 Å². The highest BCUT2D eigenvalue weighted by atomic mass is 32.2. The molecule has 2 fully saturated rings. The van der Waals surface area contributed by atoms with Gasteiger partial charge in [-0.1, -0.05) is 12.1 Å². The maximum Gasteiger partial charge on any atom is 0.274 e. The molecular weight excluding hydrogens is 416 g/mol. The third kappa shape index (κ3) is 4.37. The topological polar surface area (TPSA) is 92.6 Å². The van der Waals surface area contributed by atoms with Gasteiger partial charge in [0, 0.05) is 38.7 Å². The molecule has 166 valence electrons. The summed E-state index contributed by atoms with van der Waals surface area (Å²) in [5, 5.41) is 4.60. The molecule has 2 aliphatic rings. The van der Waals surface area contributed by atoms with Crippen LogP contribution in [0, 0.1) is 13.8 Å². The molecule has 0 spiro atoms. The fourth-order valence-electron chi connectivity index (χ4n) is 4.25. The van der Waals surface area contributed by atoms with Gasteiger partial charge in [0.05, 0.1) is 23.2 Å². The first kappa shape index (κ1) is 21.5. The Balaban J connectivity index is 1.67. The summed E-state index contributed by atoms with van der Waals surface area (Å²) in [4.78, 5) is 28.2. The SMILES string of the molecule is CC(=O)N1CCN(C(=O)c2cc(-c3ccc(C)c(C)c3)n([C@@H]3CCS(=O)(=O)C3)n2)CC1. The third-order valence-electron chi connectivity index (χ3n) is 6.32. The van der Waals surface area contributed by atoms with Crippen molar-refractivity contribution in [2.24, 2.45) is 0 Å². The maximum atomic E-state index is 13.2. The van der Waals surface area contributed by atoms with Crippen LogP contribution in [0.2, 0.25) is 0 Å². The first-order chi connectivity index (χ1) is 14.6. The van der Waals surface area contributed by atoms with Crippen LogP contribution in [0.15, 0.2) is 24.3 Å². The summed E-state index contributed by atoms with van der Waals surface area (Å²) in [5.74, 6) is 0.00110. The van der Waals surface area contributed by atoms with Gasteiger partial charge in [-0.3, -0.25) is 14.3 Å². The lowest BCUT2D eigenvalue weighted by molar-refractivity contribution is -0.130. The van der Waals surface area contributed by atoms with Crippen molar-refractivity contribution in [3.8, 4) is 11.3 Å². The summed E-state index contributed by atoms with van der Waals surface area (Å²) in [6, 6.07) is 7.55. The smallest absolute Gasteiger partial charge is 0.274 e. The van der Waals surface area contributed by atoms with Gasteiger partial charge in [0.2, 0.25) is 5.91 Å². The number of rotatable bonds is 3. The molecule has 2 aliphatic heterocycles. The van der Waals surface area contributed by atoms with Gasteiger partial charge in [-0.25, -0.2) is 8.42 Å². The van der Waals surface area contributed by atoms with Crippen molar-refractivity contribution in [1.82, 2.24) is 19.6 Å². The summed E-state index contributed by atoms with van der Waals surface area (Å²) >= 11 is 0. The molecular formula is C22H28N4O4S. The van der Waals surface area contributed by atoms with Crippen LogP contribution in [0.25, 0.3) is 11.3 Å². The van der Waals surface area contributed by atoms with Gasteiger partial charge in [-0.2, -0.15) is 5.10 Å². The van der Waals surface area contributed by atoms with E-state index in [0.717, 1.165) is 22.4 Å². The molecule has 3 heterocycles. The summed E-state index contributed by atoms with van der Waals surface area (Å²) < 4.78 is 25.9. The zero-order valence-electron chi connectivity index (χ0n) is 18.2. The Morgan fingerprint density at radius 2 is 1.68 bits per heavy atom. The number of hydrogen-bond donors (Lipinski definition) is 0. The van der Waals surface area contributed by atoms with E-state index in [4.69, 9.17) is 0 Å². The standard InChI is InChI=1S/C22H28N4O4S/c1-15-4-5-18(12-16(15)2)21-13-20(23-26(21)19-6-11-31(29,30)14-19)22(28)25-9-7-24(8-10-25)17(3)27/h4-5,12-13,19H,6-11,14H2,1-3H3/t19-/m1/s1. The van der Waals surface area contributed by atoms with E-state index in [1.807, 2.05) is 32.0 Å². The molecule has 4 rings (SSSR count). The van der Waals surface area contributed by atoms with Gasteiger partial charge < -0.3 is 9.80 Å². The van der Waals surface area contributed by atoms with Gasteiger partial charge in [0.25, 0.3) is 5.91 Å². The van der Waals surface area contributed by atoms with Gasteiger partial charge in [-0.15, -0.1) is 0 Å². The van der Waals surface area contributed by atoms with Gasteiger partial charge >= 0.3 is 0 Å². The van der Waals surface area contributed by atoms with E-state index in [1.54, 1.807) is 20.5 Å². The van der Waals surface area contributed by atoms with Crippen LogP contribution in [0.5, 0.6) is 0 Å². The molecule has 0 bridgehead atoms. The van der Waals surface area contributed by atoms with Gasteiger partial charge in [0.15, 0.2) is 15.5 Å². The Bertz CT molecular complexity index is 1130. The minimum Gasteiger partial charge on any atom is -0.339 e. The second kappa shape index (κ2) is 8.11. The second-order valence-corrected chi connectivity index (χ2v) is 10.7. The van der Waals surface area contributed by atoms with Crippen LogP contribution in [-0.4, -0.2) is 77.5 Å². The predicted octanol–water partition coefficient (Wildman–Crippen LogP) is 1.83. The van der Waals surface area contributed by atoms with E-state index in [2.05, 4.69) is 5.10 Å². The summed E-state index contributed by atoms with van der Waals surface area (Å²) in [5.41, 5.74) is 4.28. The lowest BCUT2D eigenvalue weighted by atomic mass is 10.0. The van der Waals surface area contributed by atoms with Crippen molar-refractivity contribution in [2.75, 3.05) is 37.7 Å². The largest absolute Gasteiger partial charge is 0.339 e. The second-order valence-electron chi connectivity index (χ2n) is 8.51. The fourth-order valence-corrected chi connectivity index (χ4v) is 5.94. The molecule has 0 aliphatic carbocycles. The normalized spacial score (nSPS) is 20.8. The number of amides is 2. The van der Waals surface area contributed by atoms with Crippen molar-refractivity contribution in [1.29, 1.82) is 0 Å². The van der Waals surface area contributed by atoms with Crippen LogP contribution in [0.1, 0.15) is 41.0 Å². The van der Waals surface area contributed by atoms with Crippen LogP contribution < -0.4 is 0 Å². The Morgan fingerprint density at radius 3 is 2.26 bits per heavy atom. The number of nitrogens with zero attached hydrogens (tertiary/aromatic N) is 4. The van der Waals surface area contributed by atoms with E-state index >= 15 is 0 Å². The van der Waals surface area contributed by atoms with Gasteiger partial charge in [-0.05, 0) is 43.5 Å². The summed E-state index contributed by atoms with van der Waals surface area (Å²) in [6.45, 7) is 7.53. The molecule has 0 saturated carbocycles. The zero-order chi connectivity index (χ0) is 22.3. The number of hydrogen-bond acceptors (Lipinski definition) is 5. The average Bonchev–Trinajstić information content (AvgIpc) is 3.33. The number of aromatic nitrogens is 2. The van der Waals surface area contributed by atoms with E-state index in [1.165, 1.54) is 6.92 Å².